The lowest BCUT2D eigenvalue weighted by molar-refractivity contribution is -0.123. The summed E-state index contributed by atoms with van der Waals surface area (Å²) in [5.41, 5.74) is 5.36. The van der Waals surface area contributed by atoms with E-state index < -0.39 is 23.8 Å². The predicted molar refractivity (Wildman–Crippen MR) is 107 cm³/mol. The van der Waals surface area contributed by atoms with Crippen LogP contribution >= 0.6 is 23.2 Å². The summed E-state index contributed by atoms with van der Waals surface area (Å²) < 4.78 is 5.15. The highest BCUT2D eigenvalue weighted by Crippen LogP contribution is 2.28. The zero-order valence-electron chi connectivity index (χ0n) is 14.6. The summed E-state index contributed by atoms with van der Waals surface area (Å²) in [6, 6.07) is 9.63. The Labute approximate surface area is 174 Å². The van der Waals surface area contributed by atoms with Gasteiger partial charge in [0, 0.05) is 5.02 Å². The SMILES string of the molecule is NC(=O)COc1ccc(/C=C2\C(=O)NC(=O)N(c3cccc(Cl)c3)C2=O)cc1Cl. The first kappa shape index (κ1) is 20.4. The number of benzene rings is 2. The molecule has 2 aromatic rings. The molecule has 1 saturated heterocycles. The molecule has 2 aromatic carbocycles. The van der Waals surface area contributed by atoms with Crippen LogP contribution in [0.2, 0.25) is 10.0 Å². The molecule has 3 N–H and O–H groups in total. The minimum absolute atomic E-state index is 0.145. The number of barbiturate groups is 1. The van der Waals surface area contributed by atoms with Crippen molar-refractivity contribution in [2.75, 3.05) is 11.5 Å². The first-order valence-corrected chi connectivity index (χ1v) is 8.89. The second-order valence-corrected chi connectivity index (χ2v) is 6.73. The van der Waals surface area contributed by atoms with Crippen LogP contribution in [0.3, 0.4) is 0 Å². The summed E-state index contributed by atoms with van der Waals surface area (Å²) in [6.45, 7) is -0.349. The van der Waals surface area contributed by atoms with Gasteiger partial charge in [-0.25, -0.2) is 9.69 Å². The van der Waals surface area contributed by atoms with E-state index in [-0.39, 0.29) is 28.6 Å². The van der Waals surface area contributed by atoms with Crippen LogP contribution in [0.4, 0.5) is 10.5 Å². The van der Waals surface area contributed by atoms with Crippen molar-refractivity contribution in [1.29, 1.82) is 0 Å². The molecule has 1 heterocycles. The van der Waals surface area contributed by atoms with Gasteiger partial charge in [-0.05, 0) is 42.0 Å². The zero-order chi connectivity index (χ0) is 21.1. The Kier molecular flexibility index (Phi) is 5.86. The van der Waals surface area contributed by atoms with Crippen molar-refractivity contribution >= 4 is 58.7 Å². The van der Waals surface area contributed by atoms with Crippen molar-refractivity contribution in [1.82, 2.24) is 5.32 Å². The molecule has 3 rings (SSSR count). The topological polar surface area (TPSA) is 119 Å². The first-order chi connectivity index (χ1) is 13.8. The number of anilines is 1. The zero-order valence-corrected chi connectivity index (χ0v) is 16.2. The van der Waals surface area contributed by atoms with Crippen molar-refractivity contribution in [3.8, 4) is 5.75 Å². The van der Waals surface area contributed by atoms with Crippen LogP contribution in [-0.4, -0.2) is 30.4 Å². The van der Waals surface area contributed by atoms with E-state index in [1.807, 2.05) is 0 Å². The van der Waals surface area contributed by atoms with Gasteiger partial charge in [0.2, 0.25) is 0 Å². The minimum atomic E-state index is -0.882. The lowest BCUT2D eigenvalue weighted by atomic mass is 10.1. The van der Waals surface area contributed by atoms with E-state index in [1.165, 1.54) is 36.4 Å². The number of carbonyl (C=O) groups is 4. The second kappa shape index (κ2) is 8.34. The number of hydrogen-bond acceptors (Lipinski definition) is 5. The Morgan fingerprint density at radius 1 is 1.14 bits per heavy atom. The molecule has 0 aromatic heterocycles. The number of ether oxygens (including phenoxy) is 1. The summed E-state index contributed by atoms with van der Waals surface area (Å²) in [7, 11) is 0. The van der Waals surface area contributed by atoms with Gasteiger partial charge >= 0.3 is 6.03 Å². The summed E-state index contributed by atoms with van der Waals surface area (Å²) in [6.07, 6.45) is 1.28. The van der Waals surface area contributed by atoms with E-state index in [1.54, 1.807) is 12.1 Å². The third kappa shape index (κ3) is 4.56. The quantitative estimate of drug-likeness (QED) is 0.554. The molecule has 0 radical (unpaired) electrons. The van der Waals surface area contributed by atoms with Crippen molar-refractivity contribution in [2.45, 2.75) is 0 Å². The molecular weight excluding hydrogens is 421 g/mol. The van der Waals surface area contributed by atoms with E-state index in [0.29, 0.717) is 10.6 Å². The Bertz CT molecular complexity index is 1070. The van der Waals surface area contributed by atoms with E-state index in [4.69, 9.17) is 33.7 Å². The molecule has 1 aliphatic rings. The van der Waals surface area contributed by atoms with Crippen LogP contribution in [0.5, 0.6) is 5.75 Å². The highest BCUT2D eigenvalue weighted by Gasteiger charge is 2.36. The van der Waals surface area contributed by atoms with Crippen molar-refractivity contribution in [3.05, 3.63) is 63.6 Å². The monoisotopic (exact) mass is 433 g/mol. The standard InChI is InChI=1S/C19H13Cl2N3O5/c20-11-2-1-3-12(8-11)24-18(27)13(17(26)23-19(24)28)6-10-4-5-15(14(21)7-10)29-9-16(22)25/h1-8H,9H2,(H2,22,25)(H,23,26,28)/b13-6+. The maximum Gasteiger partial charge on any atom is 0.335 e. The number of carbonyl (C=O) groups excluding carboxylic acids is 4. The van der Waals surface area contributed by atoms with Gasteiger partial charge in [0.05, 0.1) is 10.7 Å². The molecule has 8 nitrogen and oxygen atoms in total. The van der Waals surface area contributed by atoms with Gasteiger partial charge in [0.25, 0.3) is 17.7 Å². The molecular formula is C19H13Cl2N3O5. The number of amides is 5. The molecule has 0 aliphatic carbocycles. The first-order valence-electron chi connectivity index (χ1n) is 8.14. The molecule has 0 bridgehead atoms. The lowest BCUT2D eigenvalue weighted by Gasteiger charge is -2.26. The van der Waals surface area contributed by atoms with Gasteiger partial charge < -0.3 is 10.5 Å². The van der Waals surface area contributed by atoms with Gasteiger partial charge in [-0.3, -0.25) is 19.7 Å². The third-order valence-electron chi connectivity index (χ3n) is 3.80. The summed E-state index contributed by atoms with van der Waals surface area (Å²) in [4.78, 5) is 48.8. The van der Waals surface area contributed by atoms with E-state index in [9.17, 15) is 19.2 Å². The van der Waals surface area contributed by atoms with Gasteiger partial charge in [-0.2, -0.15) is 0 Å². The Balaban J connectivity index is 1.92. The number of urea groups is 1. The summed E-state index contributed by atoms with van der Waals surface area (Å²) in [5, 5.41) is 2.58. The number of primary amides is 1. The fourth-order valence-electron chi connectivity index (χ4n) is 2.55. The lowest BCUT2D eigenvalue weighted by Crippen LogP contribution is -2.54. The van der Waals surface area contributed by atoms with Crippen LogP contribution in [0, 0.1) is 0 Å². The van der Waals surface area contributed by atoms with Gasteiger partial charge in [-0.15, -0.1) is 0 Å². The number of rotatable bonds is 5. The highest BCUT2D eigenvalue weighted by molar-refractivity contribution is 6.39. The Morgan fingerprint density at radius 3 is 2.55 bits per heavy atom. The highest BCUT2D eigenvalue weighted by atomic mass is 35.5. The molecule has 0 unspecified atom stereocenters. The fraction of sp³-hybridized carbons (Fsp3) is 0.0526. The van der Waals surface area contributed by atoms with Crippen molar-refractivity contribution in [3.63, 3.8) is 0 Å². The summed E-state index contributed by atoms with van der Waals surface area (Å²) >= 11 is 12.0. The maximum atomic E-state index is 12.8. The number of nitrogens with one attached hydrogen (secondary N) is 1. The smallest absolute Gasteiger partial charge is 0.335 e. The Hall–Kier alpha value is -3.36. The number of imide groups is 2. The number of hydrogen-bond donors (Lipinski definition) is 2. The molecule has 5 amide bonds. The largest absolute Gasteiger partial charge is 0.482 e. The minimum Gasteiger partial charge on any atom is -0.482 e. The number of nitrogens with zero attached hydrogens (tertiary/aromatic N) is 1. The third-order valence-corrected chi connectivity index (χ3v) is 4.34. The van der Waals surface area contributed by atoms with Crippen LogP contribution < -0.4 is 20.7 Å². The maximum absolute atomic E-state index is 12.8. The predicted octanol–water partition coefficient (Wildman–Crippen LogP) is 2.52. The molecule has 0 atom stereocenters. The van der Waals surface area contributed by atoms with Crippen LogP contribution in [0.25, 0.3) is 6.08 Å². The Morgan fingerprint density at radius 2 is 1.90 bits per heavy atom. The molecule has 0 spiro atoms. The van der Waals surface area contributed by atoms with E-state index in [2.05, 4.69) is 5.32 Å². The molecule has 10 heteroatoms. The average molecular weight is 434 g/mol. The van der Waals surface area contributed by atoms with Gasteiger partial charge in [0.15, 0.2) is 6.61 Å². The summed E-state index contributed by atoms with van der Waals surface area (Å²) in [5.74, 6) is -2.11. The van der Waals surface area contributed by atoms with Gasteiger partial charge in [0.1, 0.15) is 11.3 Å². The van der Waals surface area contributed by atoms with Crippen molar-refractivity contribution in [2.24, 2.45) is 5.73 Å². The number of nitrogens with two attached hydrogens (primary N) is 1. The van der Waals surface area contributed by atoms with E-state index in [0.717, 1.165) is 4.90 Å². The fourth-order valence-corrected chi connectivity index (χ4v) is 2.97. The number of halogens is 2. The average Bonchev–Trinajstić information content (AvgIpc) is 2.64. The molecule has 0 saturated carbocycles. The normalized spacial score (nSPS) is 15.4. The van der Waals surface area contributed by atoms with Gasteiger partial charge in [-0.1, -0.05) is 35.3 Å². The molecule has 29 heavy (non-hydrogen) atoms. The molecule has 1 fully saturated rings. The molecule has 1 aliphatic heterocycles. The van der Waals surface area contributed by atoms with Crippen LogP contribution in [-0.2, 0) is 14.4 Å². The van der Waals surface area contributed by atoms with Crippen LogP contribution in [0.15, 0.2) is 48.0 Å². The van der Waals surface area contributed by atoms with Crippen LogP contribution in [0.1, 0.15) is 5.56 Å². The van der Waals surface area contributed by atoms with E-state index >= 15 is 0 Å². The van der Waals surface area contributed by atoms with Crippen molar-refractivity contribution < 1.29 is 23.9 Å². The second-order valence-electron chi connectivity index (χ2n) is 5.88. The molecule has 148 valence electrons.